The summed E-state index contributed by atoms with van der Waals surface area (Å²) in [6, 6.07) is 20.9. The predicted octanol–water partition coefficient (Wildman–Crippen LogP) is 6.52. The van der Waals surface area contributed by atoms with E-state index in [1.165, 1.54) is 12.1 Å². The van der Waals surface area contributed by atoms with Crippen LogP contribution in [0.15, 0.2) is 95.1 Å². The van der Waals surface area contributed by atoms with Gasteiger partial charge in [-0.15, -0.1) is 0 Å². The number of cyclic esters (lactones) is 1. The largest absolute Gasteiger partial charge is 0.507 e. The average molecular weight is 538 g/mol. The molecule has 0 saturated carbocycles. The number of aliphatic hydroxyl groups excluding tert-OH is 1. The highest BCUT2D eigenvalue weighted by atomic mass is 32.2. The third kappa shape index (κ3) is 5.60. The molecule has 8 heteroatoms. The van der Waals surface area contributed by atoms with Crippen LogP contribution in [0, 0.1) is 11.7 Å². The topological polar surface area (TPSA) is 92.7 Å². The van der Waals surface area contributed by atoms with E-state index in [1.54, 1.807) is 24.3 Å². The Kier molecular flexibility index (Phi) is 7.92. The second kappa shape index (κ2) is 11.0. The lowest BCUT2D eigenvalue weighted by atomic mass is 9.79. The van der Waals surface area contributed by atoms with Gasteiger partial charge in [0.2, 0.25) is 0 Å². The molecule has 38 heavy (non-hydrogen) atoms. The summed E-state index contributed by atoms with van der Waals surface area (Å²) in [6.07, 6.45) is 1.51. The zero-order chi connectivity index (χ0) is 27.5. The molecule has 0 bridgehead atoms. The highest BCUT2D eigenvalue weighted by Gasteiger charge is 2.50. The molecule has 1 aliphatic rings. The number of hydrogen-bond donors (Lipinski definition) is 2. The number of carbonyl (C=O) groups excluding carboxylic acids is 1. The molecule has 0 saturated heterocycles. The van der Waals surface area contributed by atoms with Gasteiger partial charge in [0, 0.05) is 18.0 Å². The van der Waals surface area contributed by atoms with E-state index in [0.29, 0.717) is 24.8 Å². The van der Waals surface area contributed by atoms with Gasteiger partial charge in [-0.2, -0.15) is 0 Å². The predicted molar refractivity (Wildman–Crippen MR) is 145 cm³/mol. The lowest BCUT2D eigenvalue weighted by Crippen LogP contribution is -2.34. The van der Waals surface area contributed by atoms with Crippen molar-refractivity contribution in [2.24, 2.45) is 5.92 Å². The Morgan fingerprint density at radius 2 is 1.68 bits per heavy atom. The van der Waals surface area contributed by atoms with Crippen molar-refractivity contribution < 1.29 is 27.4 Å². The van der Waals surface area contributed by atoms with Crippen LogP contribution in [0.4, 0.5) is 10.1 Å². The van der Waals surface area contributed by atoms with E-state index in [-0.39, 0.29) is 27.8 Å². The normalized spacial score (nSPS) is 18.5. The number of anilines is 1. The highest BCUT2D eigenvalue weighted by molar-refractivity contribution is 7.92. The smallest absolute Gasteiger partial charge is 0.339 e. The molecule has 0 fully saturated rings. The Balaban J connectivity index is 1.71. The van der Waals surface area contributed by atoms with Crippen LogP contribution in [0.3, 0.4) is 0 Å². The standard InChI is InChI=1S/C30H32FNO5S/c1-4-17-30(19-21-9-6-5-7-10-21)28(33)27(29(34)37-30)26(20(2)3)22-11-8-12-24(18-22)32-38(35,36)25-15-13-23(31)14-16-25/h5-16,18,20,26,32-33H,4,17,19H2,1-3H3. The number of hydrogen-bond acceptors (Lipinski definition) is 5. The van der Waals surface area contributed by atoms with Crippen LogP contribution in [-0.4, -0.2) is 25.1 Å². The van der Waals surface area contributed by atoms with Crippen LogP contribution < -0.4 is 4.72 Å². The number of ether oxygens (including phenoxy) is 1. The molecule has 6 nitrogen and oxygen atoms in total. The molecule has 200 valence electrons. The van der Waals surface area contributed by atoms with E-state index in [4.69, 9.17) is 4.74 Å². The van der Waals surface area contributed by atoms with E-state index in [1.807, 2.05) is 51.1 Å². The second-order valence-electron chi connectivity index (χ2n) is 9.97. The lowest BCUT2D eigenvalue weighted by Gasteiger charge is -2.28. The molecular weight excluding hydrogens is 505 g/mol. The zero-order valence-corrected chi connectivity index (χ0v) is 22.5. The van der Waals surface area contributed by atoms with Crippen molar-refractivity contribution in [2.75, 3.05) is 4.72 Å². The number of benzene rings is 3. The van der Waals surface area contributed by atoms with Gasteiger partial charge in [0.15, 0.2) is 5.60 Å². The number of aliphatic hydroxyl groups is 1. The van der Waals surface area contributed by atoms with E-state index in [9.17, 15) is 22.7 Å². The van der Waals surface area contributed by atoms with Gasteiger partial charge < -0.3 is 9.84 Å². The Hall–Kier alpha value is -3.65. The summed E-state index contributed by atoms with van der Waals surface area (Å²) in [7, 11) is -3.96. The Morgan fingerprint density at radius 3 is 2.32 bits per heavy atom. The van der Waals surface area contributed by atoms with Gasteiger partial charge in [0.05, 0.1) is 10.5 Å². The Bertz CT molecular complexity index is 1430. The Labute approximate surface area is 223 Å². The van der Waals surface area contributed by atoms with Crippen molar-refractivity contribution >= 4 is 21.7 Å². The van der Waals surface area contributed by atoms with Crippen molar-refractivity contribution in [3.63, 3.8) is 0 Å². The number of halogens is 1. The first-order valence-electron chi connectivity index (χ1n) is 12.7. The molecule has 3 aromatic carbocycles. The maximum atomic E-state index is 13.3. The number of rotatable bonds is 10. The summed E-state index contributed by atoms with van der Waals surface area (Å²) < 4.78 is 47.5. The fourth-order valence-electron chi connectivity index (χ4n) is 5.11. The summed E-state index contributed by atoms with van der Waals surface area (Å²) in [5.41, 5.74) is 0.929. The maximum absolute atomic E-state index is 13.3. The van der Waals surface area contributed by atoms with Gasteiger partial charge in [-0.1, -0.05) is 69.7 Å². The van der Waals surface area contributed by atoms with Crippen molar-refractivity contribution in [1.82, 2.24) is 0 Å². The molecule has 0 spiro atoms. The van der Waals surface area contributed by atoms with Crippen molar-refractivity contribution in [3.05, 3.63) is 107 Å². The number of esters is 1. The molecule has 2 atom stereocenters. The van der Waals surface area contributed by atoms with Crippen LogP contribution in [-0.2, 0) is 26.0 Å². The Morgan fingerprint density at radius 1 is 1.00 bits per heavy atom. The molecule has 4 rings (SSSR count). The van der Waals surface area contributed by atoms with E-state index in [0.717, 1.165) is 17.7 Å². The van der Waals surface area contributed by atoms with Gasteiger partial charge in [-0.3, -0.25) is 4.72 Å². The van der Waals surface area contributed by atoms with Crippen LogP contribution in [0.25, 0.3) is 0 Å². The van der Waals surface area contributed by atoms with Crippen LogP contribution in [0.2, 0.25) is 0 Å². The molecule has 0 aromatic heterocycles. The quantitative estimate of drug-likeness (QED) is 0.287. The highest BCUT2D eigenvalue weighted by Crippen LogP contribution is 2.45. The summed E-state index contributed by atoms with van der Waals surface area (Å²) in [5, 5.41) is 11.6. The molecule has 0 amide bonds. The fourth-order valence-corrected chi connectivity index (χ4v) is 6.16. The van der Waals surface area contributed by atoms with E-state index < -0.39 is 33.3 Å². The van der Waals surface area contributed by atoms with Crippen LogP contribution in [0.1, 0.15) is 50.7 Å². The first kappa shape index (κ1) is 27.4. The minimum atomic E-state index is -3.96. The van der Waals surface area contributed by atoms with E-state index in [2.05, 4.69) is 4.72 Å². The van der Waals surface area contributed by atoms with Gasteiger partial charge in [0.25, 0.3) is 10.0 Å². The minimum absolute atomic E-state index is 0.0656. The molecule has 2 N–H and O–H groups in total. The van der Waals surface area contributed by atoms with Crippen LogP contribution in [0.5, 0.6) is 0 Å². The monoisotopic (exact) mass is 537 g/mol. The summed E-state index contributed by atoms with van der Waals surface area (Å²) in [5.74, 6) is -1.81. The minimum Gasteiger partial charge on any atom is -0.507 e. The summed E-state index contributed by atoms with van der Waals surface area (Å²) in [4.78, 5) is 13.3. The van der Waals surface area contributed by atoms with E-state index >= 15 is 0 Å². The number of nitrogens with one attached hydrogen (secondary N) is 1. The zero-order valence-electron chi connectivity index (χ0n) is 21.6. The maximum Gasteiger partial charge on any atom is 0.339 e. The third-order valence-electron chi connectivity index (χ3n) is 6.78. The molecule has 1 heterocycles. The molecule has 0 aliphatic carbocycles. The second-order valence-corrected chi connectivity index (χ2v) is 11.6. The lowest BCUT2D eigenvalue weighted by molar-refractivity contribution is -0.149. The van der Waals surface area contributed by atoms with Crippen LogP contribution >= 0.6 is 0 Å². The van der Waals surface area contributed by atoms with Gasteiger partial charge >= 0.3 is 5.97 Å². The van der Waals surface area contributed by atoms with Gasteiger partial charge in [0.1, 0.15) is 11.6 Å². The number of sulfonamides is 1. The molecular formula is C30H32FNO5S. The SMILES string of the molecule is CCCC1(Cc2ccccc2)OC(=O)C(C(c2cccc(NS(=O)(=O)c3ccc(F)cc3)c2)C(C)C)=C1O. The first-order chi connectivity index (χ1) is 18.1. The molecule has 3 aromatic rings. The van der Waals surface area contributed by atoms with Gasteiger partial charge in [-0.05, 0) is 59.9 Å². The molecule has 2 unspecified atom stereocenters. The summed E-state index contributed by atoms with van der Waals surface area (Å²) >= 11 is 0. The van der Waals surface area contributed by atoms with Gasteiger partial charge in [-0.25, -0.2) is 17.6 Å². The number of carbonyl (C=O) groups is 1. The van der Waals surface area contributed by atoms with Crippen molar-refractivity contribution in [1.29, 1.82) is 0 Å². The summed E-state index contributed by atoms with van der Waals surface area (Å²) in [6.45, 7) is 5.84. The molecule has 1 aliphatic heterocycles. The van der Waals surface area contributed by atoms with Crippen molar-refractivity contribution in [2.45, 2.75) is 56.4 Å². The average Bonchev–Trinajstić information content (AvgIpc) is 3.09. The fraction of sp³-hybridized carbons (Fsp3) is 0.300. The van der Waals surface area contributed by atoms with Crippen molar-refractivity contribution in [3.8, 4) is 0 Å². The third-order valence-corrected chi connectivity index (χ3v) is 8.18. The first-order valence-corrected chi connectivity index (χ1v) is 14.1. The molecule has 0 radical (unpaired) electrons.